The molecule has 108 valence electrons. The number of hydrogen-bond acceptors (Lipinski definition) is 2. The third-order valence-electron chi connectivity index (χ3n) is 2.77. The van der Waals surface area contributed by atoms with E-state index in [1.165, 1.54) is 12.1 Å². The van der Waals surface area contributed by atoms with Gasteiger partial charge in [0, 0.05) is 5.56 Å². The molecule has 1 aromatic carbocycles. The lowest BCUT2D eigenvalue weighted by Crippen LogP contribution is -2.18. The van der Waals surface area contributed by atoms with Gasteiger partial charge in [-0.1, -0.05) is 20.8 Å². The second-order valence-electron chi connectivity index (χ2n) is 6.32. The van der Waals surface area contributed by atoms with E-state index >= 15 is 0 Å². The summed E-state index contributed by atoms with van der Waals surface area (Å²) in [5, 5.41) is 0. The molecule has 0 aliphatic heterocycles. The molecule has 0 radical (unpaired) electrons. The summed E-state index contributed by atoms with van der Waals surface area (Å²) >= 11 is 0. The van der Waals surface area contributed by atoms with Crippen molar-refractivity contribution in [3.8, 4) is 5.75 Å². The van der Waals surface area contributed by atoms with Crippen LogP contribution in [0.4, 0.5) is 4.39 Å². The van der Waals surface area contributed by atoms with E-state index in [2.05, 4.69) is 20.8 Å². The van der Waals surface area contributed by atoms with Crippen LogP contribution in [0.2, 0.25) is 0 Å². The predicted molar refractivity (Wildman–Crippen MR) is 76.0 cm³/mol. The molecule has 0 saturated carbocycles. The molecule has 0 spiro atoms. The number of halogens is 1. The highest BCUT2D eigenvalue weighted by atomic mass is 19.1. The molecule has 0 bridgehead atoms. The van der Waals surface area contributed by atoms with Gasteiger partial charge in [-0.3, -0.25) is 0 Å². The van der Waals surface area contributed by atoms with Gasteiger partial charge in [0.05, 0.1) is 19.3 Å². The van der Waals surface area contributed by atoms with E-state index in [1.807, 2.05) is 13.8 Å². The third-order valence-corrected chi connectivity index (χ3v) is 2.77. The standard InChI is InChI=1S/C16H25FO2/c1-11(2)19-15(10-16(3,4)5)13-9-12(17)7-8-14(13)18-6/h7-9,11,15H,10H2,1-6H3/t15-/m0/s1. The van der Waals surface area contributed by atoms with Crippen LogP contribution in [0.5, 0.6) is 5.75 Å². The molecule has 1 atom stereocenters. The van der Waals surface area contributed by atoms with Gasteiger partial charge in [0.15, 0.2) is 0 Å². The SMILES string of the molecule is COc1ccc(F)cc1[C@H](CC(C)(C)C)OC(C)C. The van der Waals surface area contributed by atoms with Crippen LogP contribution in [0, 0.1) is 11.2 Å². The molecule has 0 aliphatic carbocycles. The first kappa shape index (κ1) is 16.0. The van der Waals surface area contributed by atoms with Crippen molar-refractivity contribution in [2.24, 2.45) is 5.41 Å². The molecule has 0 fully saturated rings. The minimum absolute atomic E-state index is 0.0836. The summed E-state index contributed by atoms with van der Waals surface area (Å²) in [6, 6.07) is 4.58. The van der Waals surface area contributed by atoms with Crippen LogP contribution in [0.15, 0.2) is 18.2 Å². The predicted octanol–water partition coefficient (Wildman–Crippen LogP) is 4.74. The van der Waals surface area contributed by atoms with E-state index in [-0.39, 0.29) is 23.4 Å². The van der Waals surface area contributed by atoms with Crippen molar-refractivity contribution in [1.82, 2.24) is 0 Å². The zero-order chi connectivity index (χ0) is 14.6. The summed E-state index contributed by atoms with van der Waals surface area (Å²) in [7, 11) is 1.60. The van der Waals surface area contributed by atoms with Crippen molar-refractivity contribution in [1.29, 1.82) is 0 Å². The van der Waals surface area contributed by atoms with E-state index in [1.54, 1.807) is 13.2 Å². The van der Waals surface area contributed by atoms with Crippen LogP contribution in [-0.2, 0) is 4.74 Å². The molecule has 3 heteroatoms. The maximum atomic E-state index is 13.5. The van der Waals surface area contributed by atoms with Crippen LogP contribution < -0.4 is 4.74 Å². The molecular weight excluding hydrogens is 243 g/mol. The third kappa shape index (κ3) is 5.19. The molecule has 0 heterocycles. The summed E-state index contributed by atoms with van der Waals surface area (Å²) in [5.74, 6) is 0.415. The van der Waals surface area contributed by atoms with E-state index in [0.717, 1.165) is 12.0 Å². The maximum Gasteiger partial charge on any atom is 0.124 e. The van der Waals surface area contributed by atoms with Crippen molar-refractivity contribution in [3.05, 3.63) is 29.6 Å². The fourth-order valence-electron chi connectivity index (χ4n) is 2.07. The van der Waals surface area contributed by atoms with Gasteiger partial charge >= 0.3 is 0 Å². The van der Waals surface area contributed by atoms with Crippen molar-refractivity contribution >= 4 is 0 Å². The maximum absolute atomic E-state index is 13.5. The minimum Gasteiger partial charge on any atom is -0.496 e. The van der Waals surface area contributed by atoms with E-state index in [9.17, 15) is 4.39 Å². The molecule has 0 aliphatic rings. The largest absolute Gasteiger partial charge is 0.496 e. The van der Waals surface area contributed by atoms with Gasteiger partial charge in [0.1, 0.15) is 11.6 Å². The van der Waals surface area contributed by atoms with Gasteiger partial charge in [-0.2, -0.15) is 0 Å². The van der Waals surface area contributed by atoms with Crippen LogP contribution in [0.1, 0.15) is 52.7 Å². The van der Waals surface area contributed by atoms with E-state index < -0.39 is 0 Å². The Morgan fingerprint density at radius 1 is 1.21 bits per heavy atom. The second-order valence-corrected chi connectivity index (χ2v) is 6.32. The number of hydrogen-bond donors (Lipinski definition) is 0. The topological polar surface area (TPSA) is 18.5 Å². The van der Waals surface area contributed by atoms with Gasteiger partial charge in [0.2, 0.25) is 0 Å². The van der Waals surface area contributed by atoms with Crippen LogP contribution in [-0.4, -0.2) is 13.2 Å². The lowest BCUT2D eigenvalue weighted by molar-refractivity contribution is -0.0165. The van der Waals surface area contributed by atoms with E-state index in [0.29, 0.717) is 5.75 Å². The average molecular weight is 268 g/mol. The lowest BCUT2D eigenvalue weighted by Gasteiger charge is -2.29. The van der Waals surface area contributed by atoms with Gasteiger partial charge in [-0.25, -0.2) is 4.39 Å². The smallest absolute Gasteiger partial charge is 0.124 e. The molecule has 0 N–H and O–H groups in total. The molecule has 0 amide bonds. The molecule has 0 saturated heterocycles. The normalized spacial score (nSPS) is 13.7. The Bertz CT molecular complexity index is 408. The van der Waals surface area contributed by atoms with Crippen molar-refractivity contribution in [3.63, 3.8) is 0 Å². The molecule has 1 rings (SSSR count). The first-order valence-electron chi connectivity index (χ1n) is 6.72. The molecule has 0 unspecified atom stereocenters. The number of rotatable bonds is 5. The lowest BCUT2D eigenvalue weighted by atomic mass is 9.86. The monoisotopic (exact) mass is 268 g/mol. The molecule has 2 nitrogen and oxygen atoms in total. The van der Waals surface area contributed by atoms with Crippen molar-refractivity contribution in [2.45, 2.75) is 53.2 Å². The van der Waals surface area contributed by atoms with Crippen LogP contribution in [0.25, 0.3) is 0 Å². The van der Waals surface area contributed by atoms with Crippen molar-refractivity contribution in [2.75, 3.05) is 7.11 Å². The first-order valence-corrected chi connectivity index (χ1v) is 6.72. The average Bonchev–Trinajstić information content (AvgIpc) is 2.25. The summed E-state index contributed by atoms with van der Waals surface area (Å²) in [5.41, 5.74) is 0.878. The Balaban J connectivity index is 3.12. The second kappa shape index (κ2) is 6.38. The summed E-state index contributed by atoms with van der Waals surface area (Å²) < 4.78 is 24.8. The van der Waals surface area contributed by atoms with Gasteiger partial charge in [-0.15, -0.1) is 0 Å². The number of benzene rings is 1. The van der Waals surface area contributed by atoms with Gasteiger partial charge < -0.3 is 9.47 Å². The van der Waals surface area contributed by atoms with Gasteiger partial charge in [-0.05, 0) is 43.9 Å². The summed E-state index contributed by atoms with van der Waals surface area (Å²) in [6.07, 6.45) is 0.733. The zero-order valence-corrected chi connectivity index (χ0v) is 12.8. The molecule has 1 aromatic rings. The minimum atomic E-state index is -0.262. The summed E-state index contributed by atoms with van der Waals surface area (Å²) in [6.45, 7) is 10.4. The Morgan fingerprint density at radius 2 is 1.84 bits per heavy atom. The molecular formula is C16H25FO2. The highest BCUT2D eigenvalue weighted by molar-refractivity contribution is 5.36. The Kier molecular flexibility index (Phi) is 5.36. The summed E-state index contributed by atoms with van der Waals surface area (Å²) in [4.78, 5) is 0. The number of ether oxygens (including phenoxy) is 2. The van der Waals surface area contributed by atoms with Gasteiger partial charge in [0.25, 0.3) is 0 Å². The highest BCUT2D eigenvalue weighted by Crippen LogP contribution is 2.37. The van der Waals surface area contributed by atoms with Crippen LogP contribution >= 0.6 is 0 Å². The van der Waals surface area contributed by atoms with Crippen LogP contribution in [0.3, 0.4) is 0 Å². The first-order chi connectivity index (χ1) is 8.73. The molecule has 0 aromatic heterocycles. The Hall–Kier alpha value is -1.09. The Labute approximate surface area is 115 Å². The fourth-order valence-corrected chi connectivity index (χ4v) is 2.07. The van der Waals surface area contributed by atoms with E-state index in [4.69, 9.17) is 9.47 Å². The highest BCUT2D eigenvalue weighted by Gasteiger charge is 2.25. The fraction of sp³-hybridized carbons (Fsp3) is 0.625. The van der Waals surface area contributed by atoms with Crippen molar-refractivity contribution < 1.29 is 13.9 Å². The zero-order valence-electron chi connectivity index (χ0n) is 12.8. The Morgan fingerprint density at radius 3 is 2.32 bits per heavy atom. The quantitative estimate of drug-likeness (QED) is 0.768. The molecule has 19 heavy (non-hydrogen) atoms. The number of methoxy groups -OCH3 is 1.